The van der Waals surface area contributed by atoms with Crippen LogP contribution in [0.2, 0.25) is 0 Å². The van der Waals surface area contributed by atoms with Crippen molar-refractivity contribution in [2.24, 2.45) is 0 Å². The Bertz CT molecular complexity index is 692. The fraction of sp³-hybridized carbons (Fsp3) is 0.211. The number of carboxylic acid groups (broad SMARTS) is 1. The minimum absolute atomic E-state index is 0.0160. The Balaban J connectivity index is 0.000000243. The fourth-order valence-corrected chi connectivity index (χ4v) is 1.85. The summed E-state index contributed by atoms with van der Waals surface area (Å²) in [6.45, 7) is 2.85. The van der Waals surface area contributed by atoms with Gasteiger partial charge in [0.25, 0.3) is 0 Å². The van der Waals surface area contributed by atoms with Crippen molar-refractivity contribution in [3.63, 3.8) is 0 Å². The van der Waals surface area contributed by atoms with Crippen LogP contribution in [-0.4, -0.2) is 22.8 Å². The predicted molar refractivity (Wildman–Crippen MR) is 90.2 cm³/mol. The molecule has 0 fully saturated rings. The fourth-order valence-electron chi connectivity index (χ4n) is 1.85. The molecule has 126 valence electrons. The molecule has 0 saturated heterocycles. The number of hydrogen-bond donors (Lipinski definition) is 1. The summed E-state index contributed by atoms with van der Waals surface area (Å²) in [6.07, 6.45) is 1.53. The third-order valence-electron chi connectivity index (χ3n) is 2.98. The van der Waals surface area contributed by atoms with Gasteiger partial charge in [-0.15, -0.1) is 0 Å². The van der Waals surface area contributed by atoms with E-state index in [9.17, 15) is 14.4 Å². The number of aryl methyl sites for hydroxylation is 1. The van der Waals surface area contributed by atoms with Gasteiger partial charge in [-0.05, 0) is 31.0 Å². The van der Waals surface area contributed by atoms with Gasteiger partial charge in [0.15, 0.2) is 0 Å². The third kappa shape index (κ3) is 7.35. The molecule has 5 heteroatoms. The van der Waals surface area contributed by atoms with E-state index in [2.05, 4.69) is 4.74 Å². The average molecular weight is 328 g/mol. The zero-order chi connectivity index (χ0) is 17.9. The lowest BCUT2D eigenvalue weighted by molar-refractivity contribution is -0.131. The molecule has 0 amide bonds. The van der Waals surface area contributed by atoms with E-state index in [4.69, 9.17) is 5.11 Å². The lowest BCUT2D eigenvalue weighted by Gasteiger charge is -2.03. The number of rotatable bonds is 5. The minimum atomic E-state index is -1.11. The Kier molecular flexibility index (Phi) is 7.91. The summed E-state index contributed by atoms with van der Waals surface area (Å²) < 4.78 is 4.69. The smallest absolute Gasteiger partial charge is 0.339 e. The zero-order valence-corrected chi connectivity index (χ0v) is 13.7. The second-order valence-corrected chi connectivity index (χ2v) is 5.08. The standard InChI is InChI=1S/C10H12O.C9H8O4/c1-9(11)7-8-10-5-3-2-4-6-10;1-6(10)13-8-5-3-2-4-7(8)9(11)12/h2-6H,7-8H2,1H3;2-5H,1H3,(H,11,12). The van der Waals surface area contributed by atoms with Gasteiger partial charge in [-0.2, -0.15) is 0 Å². The molecule has 24 heavy (non-hydrogen) atoms. The van der Waals surface area contributed by atoms with Crippen molar-refractivity contribution >= 4 is 17.7 Å². The number of Topliss-reactive ketones (excluding diaryl/α,β-unsaturated/α-hetero) is 1. The quantitative estimate of drug-likeness (QED) is 0.671. The van der Waals surface area contributed by atoms with Crippen molar-refractivity contribution in [3.05, 3.63) is 65.7 Å². The van der Waals surface area contributed by atoms with Crippen LogP contribution < -0.4 is 4.74 Å². The van der Waals surface area contributed by atoms with Gasteiger partial charge < -0.3 is 14.6 Å². The van der Waals surface area contributed by atoms with Crippen molar-refractivity contribution < 1.29 is 24.2 Å². The lowest BCUT2D eigenvalue weighted by atomic mass is 10.1. The van der Waals surface area contributed by atoms with Crippen LogP contribution in [0.15, 0.2) is 54.6 Å². The molecule has 0 unspecified atom stereocenters. The predicted octanol–water partition coefficient (Wildman–Crippen LogP) is 3.52. The van der Waals surface area contributed by atoms with Crippen LogP contribution >= 0.6 is 0 Å². The van der Waals surface area contributed by atoms with Crippen LogP contribution in [0.25, 0.3) is 0 Å². The van der Waals surface area contributed by atoms with Crippen LogP contribution in [0, 0.1) is 0 Å². The monoisotopic (exact) mass is 328 g/mol. The Morgan fingerprint density at radius 2 is 1.50 bits per heavy atom. The van der Waals surface area contributed by atoms with Crippen molar-refractivity contribution in [1.29, 1.82) is 0 Å². The normalized spacial score (nSPS) is 9.42. The average Bonchev–Trinajstić information content (AvgIpc) is 2.54. The molecule has 2 aromatic rings. The summed E-state index contributed by atoms with van der Waals surface area (Å²) >= 11 is 0. The van der Waals surface area contributed by atoms with Crippen LogP contribution in [0.1, 0.15) is 36.2 Å². The Labute approximate surface area is 140 Å². The third-order valence-corrected chi connectivity index (χ3v) is 2.98. The van der Waals surface area contributed by atoms with Gasteiger partial charge in [0, 0.05) is 13.3 Å². The van der Waals surface area contributed by atoms with Crippen molar-refractivity contribution in [1.82, 2.24) is 0 Å². The molecule has 0 aromatic heterocycles. The number of ketones is 1. The highest BCUT2D eigenvalue weighted by molar-refractivity contribution is 5.91. The summed E-state index contributed by atoms with van der Waals surface area (Å²) in [5, 5.41) is 8.69. The van der Waals surface area contributed by atoms with E-state index < -0.39 is 11.9 Å². The van der Waals surface area contributed by atoms with Gasteiger partial charge >= 0.3 is 11.9 Å². The van der Waals surface area contributed by atoms with Gasteiger partial charge in [0.05, 0.1) is 0 Å². The highest BCUT2D eigenvalue weighted by Gasteiger charge is 2.10. The van der Waals surface area contributed by atoms with E-state index >= 15 is 0 Å². The summed E-state index contributed by atoms with van der Waals surface area (Å²) in [4.78, 5) is 31.8. The first-order chi connectivity index (χ1) is 11.4. The Morgan fingerprint density at radius 3 is 2.04 bits per heavy atom. The number of benzene rings is 2. The number of aromatic carboxylic acids is 1. The number of esters is 1. The first-order valence-corrected chi connectivity index (χ1v) is 7.44. The first kappa shape index (κ1) is 19.1. The topological polar surface area (TPSA) is 80.7 Å². The summed E-state index contributed by atoms with van der Waals surface area (Å²) in [7, 11) is 0. The molecule has 2 aromatic carbocycles. The maximum atomic E-state index is 10.6. The molecular formula is C19H20O5. The number of para-hydroxylation sites is 1. The van der Waals surface area contributed by atoms with E-state index in [0.717, 1.165) is 6.42 Å². The van der Waals surface area contributed by atoms with Crippen LogP contribution in [-0.2, 0) is 16.0 Å². The molecule has 0 aliphatic carbocycles. The molecule has 1 N–H and O–H groups in total. The van der Waals surface area contributed by atoms with Crippen molar-refractivity contribution in [3.8, 4) is 5.75 Å². The van der Waals surface area contributed by atoms with Crippen molar-refractivity contribution in [2.75, 3.05) is 0 Å². The number of carbonyl (C=O) groups excluding carboxylic acids is 2. The Hall–Kier alpha value is -2.95. The number of carbonyl (C=O) groups is 3. The zero-order valence-electron chi connectivity index (χ0n) is 13.7. The highest BCUT2D eigenvalue weighted by Crippen LogP contribution is 2.17. The van der Waals surface area contributed by atoms with Crippen LogP contribution in [0.3, 0.4) is 0 Å². The highest BCUT2D eigenvalue weighted by atomic mass is 16.5. The van der Waals surface area contributed by atoms with E-state index in [0.29, 0.717) is 6.42 Å². The van der Waals surface area contributed by atoms with Gasteiger partial charge in [-0.25, -0.2) is 4.79 Å². The van der Waals surface area contributed by atoms with E-state index in [1.54, 1.807) is 19.1 Å². The van der Waals surface area contributed by atoms with Gasteiger partial charge in [0.2, 0.25) is 0 Å². The first-order valence-electron chi connectivity index (χ1n) is 7.44. The summed E-state index contributed by atoms with van der Waals surface area (Å²) in [5.41, 5.74) is 1.22. The maximum Gasteiger partial charge on any atom is 0.339 e. The molecule has 0 bridgehead atoms. The molecule has 5 nitrogen and oxygen atoms in total. The molecule has 0 atom stereocenters. The lowest BCUT2D eigenvalue weighted by Crippen LogP contribution is -2.06. The van der Waals surface area contributed by atoms with Gasteiger partial charge in [0.1, 0.15) is 17.1 Å². The number of ether oxygens (including phenoxy) is 1. The molecule has 0 heterocycles. The van der Waals surface area contributed by atoms with Gasteiger partial charge in [-0.3, -0.25) is 4.79 Å². The molecule has 0 spiro atoms. The molecule has 0 aliphatic rings. The van der Waals surface area contributed by atoms with E-state index in [-0.39, 0.29) is 17.1 Å². The Morgan fingerprint density at radius 1 is 0.917 bits per heavy atom. The summed E-state index contributed by atoms with van der Waals surface area (Å²) in [6, 6.07) is 16.0. The van der Waals surface area contributed by atoms with Crippen molar-refractivity contribution in [2.45, 2.75) is 26.7 Å². The minimum Gasteiger partial charge on any atom is -0.478 e. The SMILES string of the molecule is CC(=O)CCc1ccccc1.CC(=O)Oc1ccccc1C(=O)O. The molecule has 0 radical (unpaired) electrons. The summed E-state index contributed by atoms with van der Waals surface area (Å²) in [5.74, 6) is -1.32. The molecular weight excluding hydrogens is 308 g/mol. The molecule has 2 rings (SSSR count). The van der Waals surface area contributed by atoms with E-state index in [1.807, 2.05) is 30.3 Å². The number of carboxylic acids is 1. The second kappa shape index (κ2) is 9.94. The largest absolute Gasteiger partial charge is 0.478 e. The molecule has 0 aliphatic heterocycles. The van der Waals surface area contributed by atoms with Crippen LogP contribution in [0.5, 0.6) is 5.75 Å². The second-order valence-electron chi connectivity index (χ2n) is 5.08. The van der Waals surface area contributed by atoms with Gasteiger partial charge in [-0.1, -0.05) is 42.5 Å². The number of hydrogen-bond acceptors (Lipinski definition) is 4. The molecule has 0 saturated carbocycles. The maximum absolute atomic E-state index is 10.6. The van der Waals surface area contributed by atoms with Crippen LogP contribution in [0.4, 0.5) is 0 Å². The van der Waals surface area contributed by atoms with E-state index in [1.165, 1.54) is 24.6 Å².